The van der Waals surface area contributed by atoms with Gasteiger partial charge in [0, 0.05) is 18.2 Å². The average Bonchev–Trinajstić information content (AvgIpc) is 3.60. The minimum Gasteiger partial charge on any atom is -0.481 e. The molecule has 6 nitrogen and oxygen atoms in total. The van der Waals surface area contributed by atoms with E-state index in [2.05, 4.69) is 11.0 Å². The van der Waals surface area contributed by atoms with Gasteiger partial charge >= 0.3 is 5.97 Å². The Balaban J connectivity index is 1.42. The van der Waals surface area contributed by atoms with Crippen LogP contribution in [0.2, 0.25) is 5.02 Å². The third-order valence-electron chi connectivity index (χ3n) is 7.34. The van der Waals surface area contributed by atoms with Crippen LogP contribution in [0.15, 0.2) is 52.9 Å². The molecule has 3 aromatic carbocycles. The molecule has 2 unspecified atom stereocenters. The fourth-order valence-electron chi connectivity index (χ4n) is 5.59. The highest BCUT2D eigenvalue weighted by Gasteiger charge is 2.37. The van der Waals surface area contributed by atoms with Crippen molar-refractivity contribution in [3.63, 3.8) is 0 Å². The summed E-state index contributed by atoms with van der Waals surface area (Å²) < 4.78 is 19.9. The summed E-state index contributed by atoms with van der Waals surface area (Å²) in [7, 11) is 0. The Morgan fingerprint density at radius 2 is 2.00 bits per heavy atom. The largest absolute Gasteiger partial charge is 0.481 e. The zero-order chi connectivity index (χ0) is 25.0. The molecule has 1 aliphatic carbocycles. The number of oxazole rings is 1. The smallest absolute Gasteiger partial charge is 0.307 e. The van der Waals surface area contributed by atoms with Crippen molar-refractivity contribution in [1.29, 1.82) is 5.26 Å². The number of benzene rings is 3. The van der Waals surface area contributed by atoms with Gasteiger partial charge in [-0.05, 0) is 66.8 Å². The Morgan fingerprint density at radius 1 is 1.19 bits per heavy atom. The van der Waals surface area contributed by atoms with Gasteiger partial charge in [-0.2, -0.15) is 5.26 Å². The SMILES string of the molecule is N#Cc1c2c(cc3nc(-c4cccc(-c5cccc(F)c5)c4Cl)oc13)C(N1CCC(C(=O)O)C1)CC2. The number of likely N-dealkylation sites (tertiary alicyclic amines) is 1. The molecule has 1 N–H and O–H groups in total. The summed E-state index contributed by atoms with van der Waals surface area (Å²) in [6.45, 7) is 1.22. The predicted octanol–water partition coefficient (Wildman–Crippen LogP) is 6.22. The number of aliphatic carboxylic acids is 1. The van der Waals surface area contributed by atoms with Crippen LogP contribution in [0, 0.1) is 23.1 Å². The van der Waals surface area contributed by atoms with Gasteiger partial charge in [-0.1, -0.05) is 35.9 Å². The average molecular weight is 502 g/mol. The topological polar surface area (TPSA) is 90.4 Å². The van der Waals surface area contributed by atoms with E-state index in [1.165, 1.54) is 12.1 Å². The van der Waals surface area contributed by atoms with Gasteiger partial charge in [0.25, 0.3) is 0 Å². The van der Waals surface area contributed by atoms with Crippen molar-refractivity contribution in [2.24, 2.45) is 5.92 Å². The van der Waals surface area contributed by atoms with E-state index < -0.39 is 5.97 Å². The predicted molar refractivity (Wildman–Crippen MR) is 133 cm³/mol. The van der Waals surface area contributed by atoms with E-state index in [1.54, 1.807) is 18.2 Å². The second-order valence-corrected chi connectivity index (χ2v) is 9.73. The molecule has 6 rings (SSSR count). The Labute approximate surface area is 211 Å². The minimum atomic E-state index is -0.762. The van der Waals surface area contributed by atoms with Gasteiger partial charge in [0.2, 0.25) is 5.89 Å². The molecule has 180 valence electrons. The molecule has 1 saturated heterocycles. The number of nitrogens with zero attached hydrogens (tertiary/aromatic N) is 3. The van der Waals surface area contributed by atoms with Gasteiger partial charge in [0.1, 0.15) is 23.0 Å². The normalized spacial score (nSPS) is 19.5. The standard InChI is InChI=1S/C28H21ClFN3O3/c29-25-18(15-3-1-4-17(30)11-15)5-2-6-20(25)27-32-23-12-21-19(22(13-31)26(23)36-27)7-8-24(21)33-10-9-16(14-33)28(34)35/h1-6,11-12,16,24H,7-10,14H2,(H,34,35). The number of aromatic nitrogens is 1. The van der Waals surface area contributed by atoms with Gasteiger partial charge in [0.15, 0.2) is 5.58 Å². The summed E-state index contributed by atoms with van der Waals surface area (Å²) in [5.74, 6) is -1.19. The number of carboxylic acid groups (broad SMARTS) is 1. The zero-order valence-corrected chi connectivity index (χ0v) is 19.9. The van der Waals surface area contributed by atoms with E-state index in [0.717, 1.165) is 24.0 Å². The monoisotopic (exact) mass is 501 g/mol. The fraction of sp³-hybridized carbons (Fsp3) is 0.250. The summed E-state index contributed by atoms with van der Waals surface area (Å²) in [6.07, 6.45) is 2.18. The Morgan fingerprint density at radius 3 is 2.75 bits per heavy atom. The number of carboxylic acids is 1. The highest BCUT2D eigenvalue weighted by Crippen LogP contribution is 2.44. The number of hydrogen-bond donors (Lipinski definition) is 1. The van der Waals surface area contributed by atoms with E-state index >= 15 is 0 Å². The highest BCUT2D eigenvalue weighted by atomic mass is 35.5. The Hall–Kier alpha value is -3.73. The maximum atomic E-state index is 13.8. The lowest BCUT2D eigenvalue weighted by molar-refractivity contribution is -0.141. The lowest BCUT2D eigenvalue weighted by Gasteiger charge is -2.24. The van der Waals surface area contributed by atoms with Crippen molar-refractivity contribution in [3.8, 4) is 28.7 Å². The first-order valence-corrected chi connectivity index (χ1v) is 12.2. The van der Waals surface area contributed by atoms with Crippen molar-refractivity contribution in [2.45, 2.75) is 25.3 Å². The number of rotatable bonds is 4. The molecule has 2 aliphatic rings. The molecule has 4 aromatic rings. The highest BCUT2D eigenvalue weighted by molar-refractivity contribution is 6.36. The van der Waals surface area contributed by atoms with E-state index in [4.69, 9.17) is 21.0 Å². The molecule has 8 heteroatoms. The maximum absolute atomic E-state index is 13.8. The van der Waals surface area contributed by atoms with E-state index in [9.17, 15) is 19.6 Å². The van der Waals surface area contributed by atoms with Crippen molar-refractivity contribution in [2.75, 3.05) is 13.1 Å². The molecule has 0 bridgehead atoms. The van der Waals surface area contributed by atoms with Gasteiger partial charge in [-0.25, -0.2) is 9.37 Å². The Kier molecular flexibility index (Phi) is 5.51. The van der Waals surface area contributed by atoms with E-state index in [-0.39, 0.29) is 23.7 Å². The molecule has 0 amide bonds. The fourth-order valence-corrected chi connectivity index (χ4v) is 5.90. The molecule has 36 heavy (non-hydrogen) atoms. The quantitative estimate of drug-likeness (QED) is 0.357. The lowest BCUT2D eigenvalue weighted by Crippen LogP contribution is -2.26. The molecular formula is C28H21ClFN3O3. The molecule has 0 radical (unpaired) electrons. The van der Waals surface area contributed by atoms with Gasteiger partial charge < -0.3 is 9.52 Å². The van der Waals surface area contributed by atoms with Gasteiger partial charge in [-0.3, -0.25) is 9.69 Å². The summed E-state index contributed by atoms with van der Waals surface area (Å²) in [5.41, 5.74) is 5.26. The van der Waals surface area contributed by atoms with Crippen LogP contribution in [0.1, 0.15) is 35.6 Å². The number of nitriles is 1. The van der Waals surface area contributed by atoms with Crippen LogP contribution in [0.3, 0.4) is 0 Å². The van der Waals surface area contributed by atoms with Crippen LogP contribution >= 0.6 is 11.6 Å². The van der Waals surface area contributed by atoms with E-state index in [0.29, 0.717) is 57.9 Å². The van der Waals surface area contributed by atoms with Crippen LogP contribution in [0.4, 0.5) is 4.39 Å². The van der Waals surface area contributed by atoms with Gasteiger partial charge in [0.05, 0.1) is 16.5 Å². The summed E-state index contributed by atoms with van der Waals surface area (Å²) >= 11 is 6.74. The molecule has 0 spiro atoms. The molecule has 1 aliphatic heterocycles. The number of carbonyl (C=O) groups is 1. The van der Waals surface area contributed by atoms with E-state index in [1.807, 2.05) is 18.2 Å². The third-order valence-corrected chi connectivity index (χ3v) is 7.74. The molecule has 2 atom stereocenters. The summed E-state index contributed by atoms with van der Waals surface area (Å²) in [5, 5.41) is 19.8. The van der Waals surface area contributed by atoms with Crippen LogP contribution in [-0.4, -0.2) is 34.0 Å². The van der Waals surface area contributed by atoms with Crippen LogP contribution in [0.25, 0.3) is 33.7 Å². The summed E-state index contributed by atoms with van der Waals surface area (Å²) in [4.78, 5) is 18.4. The third kappa shape index (κ3) is 3.65. The minimum absolute atomic E-state index is 0.0564. The molecule has 2 heterocycles. The number of halogens is 2. The van der Waals surface area contributed by atoms with Crippen LogP contribution < -0.4 is 0 Å². The zero-order valence-electron chi connectivity index (χ0n) is 19.2. The van der Waals surface area contributed by atoms with Crippen molar-refractivity contribution in [1.82, 2.24) is 9.88 Å². The van der Waals surface area contributed by atoms with Crippen LogP contribution in [-0.2, 0) is 11.2 Å². The van der Waals surface area contributed by atoms with Crippen molar-refractivity contribution in [3.05, 3.63) is 76.1 Å². The van der Waals surface area contributed by atoms with Crippen molar-refractivity contribution >= 4 is 28.7 Å². The maximum Gasteiger partial charge on any atom is 0.307 e. The molecular weight excluding hydrogens is 481 g/mol. The van der Waals surface area contributed by atoms with Crippen LogP contribution in [0.5, 0.6) is 0 Å². The second-order valence-electron chi connectivity index (χ2n) is 9.35. The first-order valence-electron chi connectivity index (χ1n) is 11.8. The van der Waals surface area contributed by atoms with Crippen molar-refractivity contribution < 1.29 is 18.7 Å². The number of hydrogen-bond acceptors (Lipinski definition) is 5. The second kappa shape index (κ2) is 8.74. The summed E-state index contributed by atoms with van der Waals surface area (Å²) in [6, 6.07) is 15.9. The molecule has 1 aromatic heterocycles. The number of fused-ring (bicyclic) bond motifs is 2. The van der Waals surface area contributed by atoms with Gasteiger partial charge in [-0.15, -0.1) is 0 Å². The first-order chi connectivity index (χ1) is 17.4. The molecule has 1 fully saturated rings. The lowest BCUT2D eigenvalue weighted by atomic mass is 10.0. The first kappa shape index (κ1) is 22.7. The molecule has 0 saturated carbocycles. The Bertz CT molecular complexity index is 1570.